The Morgan fingerprint density at radius 1 is 1.14 bits per heavy atom. The van der Waals surface area contributed by atoms with Crippen LogP contribution in [0.3, 0.4) is 0 Å². The van der Waals surface area contributed by atoms with Crippen LogP contribution < -0.4 is 5.32 Å². The summed E-state index contributed by atoms with van der Waals surface area (Å²) in [7, 11) is -1.33. The first kappa shape index (κ1) is 11.0. The number of benzene rings is 1. The molecule has 0 saturated heterocycles. The summed E-state index contributed by atoms with van der Waals surface area (Å²) in [5.74, 6) is 0. The molecule has 1 aromatic carbocycles. The lowest BCUT2D eigenvalue weighted by Crippen LogP contribution is -2.13. The molecular formula is C10H15NO2S. The zero-order chi connectivity index (χ0) is 10.8. The largest absolute Gasteiger partial charge is 0.388 e. The number of hydrogen-bond acceptors (Lipinski definition) is 3. The summed E-state index contributed by atoms with van der Waals surface area (Å²) in [4.78, 5) is 0.381. The first-order valence-corrected chi connectivity index (χ1v) is 6.05. The second kappa shape index (κ2) is 4.00. The van der Waals surface area contributed by atoms with E-state index in [1.54, 1.807) is 45.2 Å². The van der Waals surface area contributed by atoms with Crippen LogP contribution in [-0.2, 0) is 9.84 Å². The summed E-state index contributed by atoms with van der Waals surface area (Å²) in [6.45, 7) is 3.36. The molecule has 1 aromatic rings. The summed E-state index contributed by atoms with van der Waals surface area (Å²) in [5.41, 5.74) is 0.910. The number of nitrogens with one attached hydrogen (secondary N) is 1. The SMILES string of the molecule is CNc1ccc(S(=O)(=O)C(C)C)cc1. The number of anilines is 1. The Bertz CT molecular complexity index is 393. The van der Waals surface area contributed by atoms with E-state index in [1.165, 1.54) is 0 Å². The first-order valence-electron chi connectivity index (χ1n) is 4.50. The van der Waals surface area contributed by atoms with Crippen LogP contribution in [0.25, 0.3) is 0 Å². The van der Waals surface area contributed by atoms with Crippen molar-refractivity contribution in [3.8, 4) is 0 Å². The lowest BCUT2D eigenvalue weighted by Gasteiger charge is -2.08. The van der Waals surface area contributed by atoms with E-state index in [4.69, 9.17) is 0 Å². The van der Waals surface area contributed by atoms with Crippen LogP contribution in [0, 0.1) is 0 Å². The van der Waals surface area contributed by atoms with Crippen molar-refractivity contribution in [3.05, 3.63) is 24.3 Å². The summed E-state index contributed by atoms with van der Waals surface area (Å²) < 4.78 is 23.4. The van der Waals surface area contributed by atoms with E-state index < -0.39 is 9.84 Å². The van der Waals surface area contributed by atoms with Crippen LogP contribution in [0.15, 0.2) is 29.2 Å². The fourth-order valence-corrected chi connectivity index (χ4v) is 2.14. The fourth-order valence-electron chi connectivity index (χ4n) is 1.08. The molecule has 1 N–H and O–H groups in total. The highest BCUT2D eigenvalue weighted by Crippen LogP contribution is 2.17. The molecule has 0 amide bonds. The average molecular weight is 213 g/mol. The maximum absolute atomic E-state index is 11.7. The van der Waals surface area contributed by atoms with Gasteiger partial charge in [0.1, 0.15) is 0 Å². The molecule has 0 radical (unpaired) electrons. The van der Waals surface area contributed by atoms with Gasteiger partial charge in [-0.3, -0.25) is 0 Å². The number of hydrogen-bond donors (Lipinski definition) is 1. The van der Waals surface area contributed by atoms with Gasteiger partial charge in [0.05, 0.1) is 10.1 Å². The topological polar surface area (TPSA) is 46.2 Å². The third-order valence-electron chi connectivity index (χ3n) is 2.09. The first-order chi connectivity index (χ1) is 6.48. The smallest absolute Gasteiger partial charge is 0.180 e. The second-order valence-electron chi connectivity index (χ2n) is 3.37. The number of sulfone groups is 1. The summed E-state index contributed by atoms with van der Waals surface area (Å²) in [6.07, 6.45) is 0. The van der Waals surface area contributed by atoms with E-state index in [0.29, 0.717) is 4.90 Å². The van der Waals surface area contributed by atoms with Gasteiger partial charge in [0.15, 0.2) is 9.84 Å². The minimum atomic E-state index is -3.13. The zero-order valence-electron chi connectivity index (χ0n) is 8.61. The van der Waals surface area contributed by atoms with E-state index in [1.807, 2.05) is 0 Å². The highest BCUT2D eigenvalue weighted by molar-refractivity contribution is 7.92. The van der Waals surface area contributed by atoms with E-state index in [2.05, 4.69) is 5.32 Å². The molecule has 0 bridgehead atoms. The lowest BCUT2D eigenvalue weighted by atomic mass is 10.3. The second-order valence-corrected chi connectivity index (χ2v) is 5.87. The van der Waals surface area contributed by atoms with E-state index in [-0.39, 0.29) is 5.25 Å². The monoisotopic (exact) mass is 213 g/mol. The predicted octanol–water partition coefficient (Wildman–Crippen LogP) is 1.91. The third-order valence-corrected chi connectivity index (χ3v) is 4.26. The summed E-state index contributed by atoms with van der Waals surface area (Å²) in [5, 5.41) is 2.57. The van der Waals surface area contributed by atoms with Crippen molar-refractivity contribution in [1.82, 2.24) is 0 Å². The molecule has 0 aromatic heterocycles. The predicted molar refractivity (Wildman–Crippen MR) is 58.3 cm³/mol. The quantitative estimate of drug-likeness (QED) is 0.834. The Morgan fingerprint density at radius 3 is 2.00 bits per heavy atom. The molecule has 0 fully saturated rings. The summed E-state index contributed by atoms with van der Waals surface area (Å²) in [6, 6.07) is 6.77. The maximum Gasteiger partial charge on any atom is 0.180 e. The molecule has 0 unspecified atom stereocenters. The van der Waals surface area contributed by atoms with Crippen LogP contribution in [0.1, 0.15) is 13.8 Å². The molecule has 4 heteroatoms. The molecule has 0 aliphatic heterocycles. The lowest BCUT2D eigenvalue weighted by molar-refractivity contribution is 0.587. The highest BCUT2D eigenvalue weighted by Gasteiger charge is 2.18. The molecule has 1 rings (SSSR count). The van der Waals surface area contributed by atoms with Crippen LogP contribution in [-0.4, -0.2) is 20.7 Å². The van der Waals surface area contributed by atoms with Crippen LogP contribution in [0.2, 0.25) is 0 Å². The van der Waals surface area contributed by atoms with Gasteiger partial charge in [-0.1, -0.05) is 0 Å². The van der Waals surface area contributed by atoms with Gasteiger partial charge in [0.2, 0.25) is 0 Å². The Balaban J connectivity index is 3.10. The van der Waals surface area contributed by atoms with Crippen molar-refractivity contribution in [2.24, 2.45) is 0 Å². The fraction of sp³-hybridized carbons (Fsp3) is 0.400. The van der Waals surface area contributed by atoms with Gasteiger partial charge in [-0.15, -0.1) is 0 Å². The standard InChI is InChI=1S/C10H15NO2S/c1-8(2)14(12,13)10-6-4-9(11-3)5-7-10/h4-8,11H,1-3H3. The minimum absolute atomic E-state index is 0.372. The van der Waals surface area contributed by atoms with Gasteiger partial charge >= 0.3 is 0 Å². The zero-order valence-corrected chi connectivity index (χ0v) is 9.43. The van der Waals surface area contributed by atoms with Gasteiger partial charge in [0.25, 0.3) is 0 Å². The van der Waals surface area contributed by atoms with Crippen molar-refractivity contribution in [3.63, 3.8) is 0 Å². The van der Waals surface area contributed by atoms with E-state index >= 15 is 0 Å². The molecule has 0 aliphatic rings. The normalized spacial score (nSPS) is 11.7. The molecule has 14 heavy (non-hydrogen) atoms. The van der Waals surface area contributed by atoms with Crippen molar-refractivity contribution >= 4 is 15.5 Å². The van der Waals surface area contributed by atoms with Gasteiger partial charge in [-0.05, 0) is 38.1 Å². The van der Waals surface area contributed by atoms with Crippen LogP contribution in [0.5, 0.6) is 0 Å². The van der Waals surface area contributed by atoms with E-state index in [9.17, 15) is 8.42 Å². The van der Waals surface area contributed by atoms with Crippen molar-refractivity contribution in [2.75, 3.05) is 12.4 Å². The molecule has 0 heterocycles. The highest BCUT2D eigenvalue weighted by atomic mass is 32.2. The molecule has 78 valence electrons. The van der Waals surface area contributed by atoms with Crippen molar-refractivity contribution < 1.29 is 8.42 Å². The Hall–Kier alpha value is -1.03. The van der Waals surface area contributed by atoms with Gasteiger partial charge in [-0.2, -0.15) is 0 Å². The maximum atomic E-state index is 11.7. The van der Waals surface area contributed by atoms with Crippen molar-refractivity contribution in [1.29, 1.82) is 0 Å². The number of rotatable bonds is 3. The molecule has 3 nitrogen and oxygen atoms in total. The minimum Gasteiger partial charge on any atom is -0.388 e. The molecule has 0 aliphatic carbocycles. The Morgan fingerprint density at radius 2 is 1.64 bits per heavy atom. The van der Waals surface area contributed by atoms with Gasteiger partial charge < -0.3 is 5.32 Å². The van der Waals surface area contributed by atoms with Gasteiger partial charge in [0, 0.05) is 12.7 Å². The third kappa shape index (κ3) is 2.07. The molecule has 0 spiro atoms. The van der Waals surface area contributed by atoms with Gasteiger partial charge in [-0.25, -0.2) is 8.42 Å². The summed E-state index contributed by atoms with van der Waals surface area (Å²) >= 11 is 0. The van der Waals surface area contributed by atoms with Crippen LogP contribution in [0.4, 0.5) is 5.69 Å². The Labute approximate surface area is 85.1 Å². The van der Waals surface area contributed by atoms with Crippen molar-refractivity contribution in [2.45, 2.75) is 24.0 Å². The molecular weight excluding hydrogens is 198 g/mol. The Kier molecular flexibility index (Phi) is 3.16. The molecule has 0 atom stereocenters. The van der Waals surface area contributed by atoms with Crippen LogP contribution >= 0.6 is 0 Å². The molecule has 0 saturated carbocycles. The average Bonchev–Trinajstić information content (AvgIpc) is 2.17. The van der Waals surface area contributed by atoms with E-state index in [0.717, 1.165) is 5.69 Å².